The second-order valence-corrected chi connectivity index (χ2v) is 34.9. The largest absolute Gasteiger partial charge is 0.518 e. The smallest absolute Gasteiger partial charge is 0.427 e. The Hall–Kier alpha value is -2.82. The van der Waals surface area contributed by atoms with Crippen LogP contribution >= 0.6 is 0 Å². The van der Waals surface area contributed by atoms with E-state index in [1.54, 1.807) is 0 Å². The van der Waals surface area contributed by atoms with Crippen LogP contribution < -0.4 is 0 Å². The van der Waals surface area contributed by atoms with Gasteiger partial charge in [0.2, 0.25) is 0 Å². The predicted octanol–water partition coefficient (Wildman–Crippen LogP) is 37.7. The SMILES string of the molecule is C1=C\CCCCCCCCCCCCCCC/1.C1=C\CCCCCCCCCCCCCCC/1.C1=C\CCCCCCCCCCCCCCC/1.C1=C\CCCCCCCCCCCCCCC/1.C1=C\CCCCCCCCCCCCCCC/1.O=C1OC(=O)OC2CCCCCCCCC/C=C\CCCCC2O1. The highest BCUT2D eigenvalue weighted by Crippen LogP contribution is 2.26. The van der Waals surface area contributed by atoms with Crippen molar-refractivity contribution >= 4 is 12.3 Å². The molecule has 6 aliphatic carbocycles. The maximum absolute atomic E-state index is 11.5. The van der Waals surface area contributed by atoms with Gasteiger partial charge in [0.25, 0.3) is 0 Å². The standard InChI is InChI=1S/C19H30O5.5C17H32/c20-18-22-16-14-12-10-8-6-4-2-1-3-5-7-9-11-13-15-17(16)23-19(21)24-18;5*1-2-4-6-8-10-12-14-16-17-15-13-11-9-7-5-3-1/h4,6,16-17H,1-3,5,7-15H2;5*1-2H,3-17H2/b6-4-;5*2-1-. The first-order valence-electron chi connectivity index (χ1n) is 50.2. The second-order valence-electron chi connectivity index (χ2n) is 34.9. The van der Waals surface area contributed by atoms with Crippen molar-refractivity contribution in [2.24, 2.45) is 0 Å². The fourth-order valence-electron chi connectivity index (χ4n) is 16.9. The molecule has 0 aromatic carbocycles. The molecule has 5 heteroatoms. The lowest BCUT2D eigenvalue weighted by Crippen LogP contribution is -2.31. The summed E-state index contributed by atoms with van der Waals surface area (Å²) in [5, 5.41) is 0. The molecule has 1 fully saturated rings. The fourth-order valence-corrected chi connectivity index (χ4v) is 16.9. The third kappa shape index (κ3) is 83.0. The first-order valence-corrected chi connectivity index (χ1v) is 50.2. The molecule has 0 aromatic rings. The summed E-state index contributed by atoms with van der Waals surface area (Å²) in [6, 6.07) is 0. The lowest BCUT2D eigenvalue weighted by atomic mass is 10.00. The predicted molar refractivity (Wildman–Crippen MR) is 483 cm³/mol. The van der Waals surface area contributed by atoms with Crippen LogP contribution in [-0.2, 0) is 14.2 Å². The van der Waals surface area contributed by atoms with Gasteiger partial charge in [0.1, 0.15) is 12.2 Å². The second kappa shape index (κ2) is 90.7. The first kappa shape index (κ1) is 102. The lowest BCUT2D eigenvalue weighted by molar-refractivity contribution is 0.00302. The summed E-state index contributed by atoms with van der Waals surface area (Å²) in [6.45, 7) is 0. The highest BCUT2D eigenvalue weighted by atomic mass is 16.8. The molecule has 0 radical (unpaired) electrons. The molecule has 7 rings (SSSR count). The van der Waals surface area contributed by atoms with Crippen molar-refractivity contribution in [1.29, 1.82) is 0 Å². The highest BCUT2D eigenvalue weighted by Gasteiger charge is 2.34. The number of cyclic esters (lactones) is 2. The van der Waals surface area contributed by atoms with Crippen molar-refractivity contribution in [3.8, 4) is 0 Å². The van der Waals surface area contributed by atoms with Crippen molar-refractivity contribution in [2.75, 3.05) is 0 Å². The van der Waals surface area contributed by atoms with Gasteiger partial charge in [0.05, 0.1) is 0 Å². The number of carbonyl (C=O) groups excluding carboxylic acids is 2. The Balaban J connectivity index is 0.000000447. The summed E-state index contributed by atoms with van der Waals surface area (Å²) in [6.07, 6.45) is 148. The van der Waals surface area contributed by atoms with Gasteiger partial charge in [-0.25, -0.2) is 9.59 Å². The Morgan fingerprint density at radius 1 is 0.138 bits per heavy atom. The summed E-state index contributed by atoms with van der Waals surface area (Å²) >= 11 is 0. The number of fused-ring (bicyclic) bond motifs is 1. The van der Waals surface area contributed by atoms with E-state index in [0.29, 0.717) is 6.42 Å². The quantitative estimate of drug-likeness (QED) is 0.137. The lowest BCUT2D eigenvalue weighted by Gasteiger charge is -2.22. The summed E-state index contributed by atoms with van der Waals surface area (Å²) in [4.78, 5) is 23.0. The van der Waals surface area contributed by atoms with E-state index in [1.165, 1.54) is 520 Å². The maximum atomic E-state index is 11.5. The Bertz CT molecular complexity index is 1650. The van der Waals surface area contributed by atoms with Gasteiger partial charge in [-0.2, -0.15) is 0 Å². The van der Waals surface area contributed by atoms with Crippen LogP contribution in [0.3, 0.4) is 0 Å². The van der Waals surface area contributed by atoms with Crippen molar-refractivity contribution in [1.82, 2.24) is 0 Å². The van der Waals surface area contributed by atoms with Crippen LogP contribution in [0.15, 0.2) is 72.9 Å². The molecule has 2 atom stereocenters. The number of ether oxygens (including phenoxy) is 3. The monoisotopic (exact) mass is 1520 g/mol. The molecular formula is C104H190O5. The van der Waals surface area contributed by atoms with Crippen LogP contribution in [0.25, 0.3) is 0 Å². The number of carbonyl (C=O) groups is 2. The van der Waals surface area contributed by atoms with Crippen LogP contribution in [0.5, 0.6) is 0 Å². The topological polar surface area (TPSA) is 61.8 Å². The van der Waals surface area contributed by atoms with E-state index in [1.807, 2.05) is 0 Å². The van der Waals surface area contributed by atoms with Crippen LogP contribution in [0.4, 0.5) is 9.59 Å². The van der Waals surface area contributed by atoms with E-state index < -0.39 is 12.3 Å². The summed E-state index contributed by atoms with van der Waals surface area (Å²) in [5.74, 6) is 0. The fraction of sp³-hybridized carbons (Fsp3) is 0.865. The van der Waals surface area contributed by atoms with E-state index in [4.69, 9.17) is 9.47 Å². The number of allylic oxidation sites excluding steroid dienone is 12. The zero-order chi connectivity index (χ0) is 77.1. The van der Waals surface area contributed by atoms with Crippen LogP contribution in [-0.4, -0.2) is 24.5 Å². The summed E-state index contributed by atoms with van der Waals surface area (Å²) in [7, 11) is 0. The van der Waals surface area contributed by atoms with Gasteiger partial charge in [-0.3, -0.25) is 0 Å². The molecule has 109 heavy (non-hydrogen) atoms. The van der Waals surface area contributed by atoms with E-state index in [0.717, 1.165) is 38.5 Å². The van der Waals surface area contributed by atoms with Crippen LogP contribution in [0.1, 0.15) is 565 Å². The molecule has 0 amide bonds. The Morgan fingerprint density at radius 2 is 0.229 bits per heavy atom. The van der Waals surface area contributed by atoms with Crippen molar-refractivity contribution in [3.63, 3.8) is 0 Å². The zero-order valence-electron chi connectivity index (χ0n) is 73.3. The number of rotatable bonds is 0. The van der Waals surface area contributed by atoms with E-state index in [2.05, 4.69) is 77.6 Å². The molecule has 636 valence electrons. The van der Waals surface area contributed by atoms with Gasteiger partial charge in [-0.05, 0) is 180 Å². The van der Waals surface area contributed by atoms with Gasteiger partial charge in [0, 0.05) is 0 Å². The molecule has 0 aromatic heterocycles. The van der Waals surface area contributed by atoms with Crippen molar-refractivity contribution in [2.45, 2.75) is 577 Å². The molecule has 2 unspecified atom stereocenters. The molecule has 5 nitrogen and oxygen atoms in total. The van der Waals surface area contributed by atoms with E-state index in [9.17, 15) is 9.59 Å². The first-order chi connectivity index (χ1) is 54.3. The highest BCUT2D eigenvalue weighted by molar-refractivity contribution is 5.77. The van der Waals surface area contributed by atoms with Gasteiger partial charge < -0.3 is 14.2 Å². The molecule has 0 saturated carbocycles. The number of hydrogen-bond acceptors (Lipinski definition) is 5. The Labute approximate surface area is 682 Å². The van der Waals surface area contributed by atoms with Crippen LogP contribution in [0.2, 0.25) is 0 Å². The third-order valence-corrected chi connectivity index (χ3v) is 24.3. The van der Waals surface area contributed by atoms with Gasteiger partial charge >= 0.3 is 12.3 Å². The van der Waals surface area contributed by atoms with Gasteiger partial charge in [0.15, 0.2) is 0 Å². The average Bonchev–Trinajstić information content (AvgIpc) is 1.77. The minimum Gasteiger partial charge on any atom is -0.427 e. The number of hydrogen-bond donors (Lipinski definition) is 0. The van der Waals surface area contributed by atoms with Crippen LogP contribution in [0, 0.1) is 0 Å². The van der Waals surface area contributed by atoms with Gasteiger partial charge in [-0.1, -0.05) is 458 Å². The van der Waals surface area contributed by atoms with Crippen molar-refractivity contribution < 1.29 is 23.8 Å². The summed E-state index contributed by atoms with van der Waals surface area (Å²) in [5.41, 5.74) is 0. The molecule has 0 spiro atoms. The minimum atomic E-state index is -0.932. The molecule has 1 saturated heterocycles. The molecular weight excluding hydrogens is 1330 g/mol. The Morgan fingerprint density at radius 3 is 0.358 bits per heavy atom. The molecule has 1 heterocycles. The zero-order valence-corrected chi connectivity index (χ0v) is 73.3. The van der Waals surface area contributed by atoms with Gasteiger partial charge in [-0.15, -0.1) is 0 Å². The average molecular weight is 1520 g/mol. The molecule has 0 N–H and O–H groups in total. The van der Waals surface area contributed by atoms with Crippen molar-refractivity contribution in [3.05, 3.63) is 72.9 Å². The van der Waals surface area contributed by atoms with E-state index >= 15 is 0 Å². The maximum Gasteiger partial charge on any atom is 0.518 e. The molecule has 1 aliphatic heterocycles. The molecule has 7 aliphatic rings. The van der Waals surface area contributed by atoms with E-state index in [-0.39, 0.29) is 12.2 Å². The normalized spacial score (nSPS) is 26.0. The Kier molecular flexibility index (Phi) is 85.1. The minimum absolute atomic E-state index is 0.379. The third-order valence-electron chi connectivity index (χ3n) is 24.3. The molecule has 0 bridgehead atoms. The summed E-state index contributed by atoms with van der Waals surface area (Å²) < 4.78 is 15.0.